The molecule has 2 aromatic carbocycles. The van der Waals surface area contributed by atoms with Crippen LogP contribution in [0.1, 0.15) is 25.2 Å². The van der Waals surface area contributed by atoms with Crippen LogP contribution in [-0.4, -0.2) is 41.5 Å². The monoisotopic (exact) mass is 526 g/mol. The number of fused-ring (bicyclic) bond motifs is 1. The largest absolute Gasteiger partial charge is 0.480 e. The zero-order chi connectivity index (χ0) is 27.2. The molecule has 0 aliphatic rings. The minimum Gasteiger partial charge on any atom is -0.480 e. The summed E-state index contributed by atoms with van der Waals surface area (Å²) in [6.45, 7) is 3.50. The fraction of sp³-hybridized carbons (Fsp3) is 0.348. The van der Waals surface area contributed by atoms with Crippen molar-refractivity contribution < 1.29 is 31.8 Å². The van der Waals surface area contributed by atoms with Crippen molar-refractivity contribution in [1.29, 1.82) is 0 Å². The molecular weight excluding hydrogens is 503 g/mol. The zero-order valence-electron chi connectivity index (χ0n) is 20.2. The first-order valence-electron chi connectivity index (χ1n) is 11.1. The molecule has 2 heterocycles. The molecule has 0 saturated carbocycles. The second-order valence-corrected chi connectivity index (χ2v) is 8.30. The highest BCUT2D eigenvalue weighted by molar-refractivity contribution is 5.99. The van der Waals surface area contributed by atoms with Crippen molar-refractivity contribution in [2.24, 2.45) is 7.05 Å². The van der Waals surface area contributed by atoms with Crippen LogP contribution in [0.3, 0.4) is 0 Å². The molecule has 37 heavy (non-hydrogen) atoms. The van der Waals surface area contributed by atoms with E-state index in [-0.39, 0.29) is 29.1 Å². The van der Waals surface area contributed by atoms with Gasteiger partial charge in [0.05, 0.1) is 5.39 Å². The number of nitrogens with zero attached hydrogens (tertiary/aromatic N) is 5. The molecule has 0 bridgehead atoms. The van der Waals surface area contributed by atoms with Gasteiger partial charge in [-0.2, -0.15) is 23.0 Å². The Morgan fingerprint density at radius 2 is 1.89 bits per heavy atom. The van der Waals surface area contributed by atoms with E-state index in [4.69, 9.17) is 4.74 Å². The highest BCUT2D eigenvalue weighted by Crippen LogP contribution is 2.40. The molecule has 0 fully saturated rings. The first-order chi connectivity index (χ1) is 17.4. The van der Waals surface area contributed by atoms with E-state index in [1.807, 2.05) is 0 Å². The molecule has 0 aliphatic carbocycles. The van der Waals surface area contributed by atoms with Crippen molar-refractivity contribution >= 4 is 22.4 Å². The van der Waals surface area contributed by atoms with Gasteiger partial charge in [0.2, 0.25) is 0 Å². The number of aliphatic hydroxyl groups excluding tert-OH is 1. The molecule has 198 valence electrons. The van der Waals surface area contributed by atoms with E-state index in [2.05, 4.69) is 15.5 Å². The number of hydrogen-bond donors (Lipinski definition) is 2. The summed E-state index contributed by atoms with van der Waals surface area (Å²) in [6.07, 6.45) is -7.05. The number of rotatable bonds is 7. The van der Waals surface area contributed by atoms with Gasteiger partial charge in [0, 0.05) is 25.3 Å². The van der Waals surface area contributed by atoms with Gasteiger partial charge in [-0.15, -0.1) is 5.10 Å². The van der Waals surface area contributed by atoms with Gasteiger partial charge in [-0.05, 0) is 44.5 Å². The van der Waals surface area contributed by atoms with Crippen LogP contribution >= 0.6 is 0 Å². The van der Waals surface area contributed by atoms with Crippen LogP contribution in [0.4, 0.5) is 33.5 Å². The number of benzene rings is 2. The first-order valence-corrected chi connectivity index (χ1v) is 11.1. The fourth-order valence-corrected chi connectivity index (χ4v) is 3.91. The number of anilines is 2. The van der Waals surface area contributed by atoms with Gasteiger partial charge in [0.15, 0.2) is 23.6 Å². The standard InChI is InChI=1S/C23H23F5N6O3/c1-5-33-17(10-35)30-34(22(33)36)15-9-16(37-12(3)23(26,27)28)18-20(19(15)25)32(4)31-21(18)29-14-7-6-13(24)8-11(14)2/h6-9,12,35H,5,10H2,1-4H3,(H,29,31)/t12-/m0/s1. The molecule has 1 atom stereocenters. The fourth-order valence-electron chi connectivity index (χ4n) is 3.91. The summed E-state index contributed by atoms with van der Waals surface area (Å²) < 4.78 is 77.8. The number of halogens is 5. The van der Waals surface area contributed by atoms with Crippen LogP contribution in [0.2, 0.25) is 0 Å². The second kappa shape index (κ2) is 9.50. The maximum absolute atomic E-state index is 15.9. The van der Waals surface area contributed by atoms with E-state index in [9.17, 15) is 27.5 Å². The quantitative estimate of drug-likeness (QED) is 0.352. The van der Waals surface area contributed by atoms with Crippen LogP contribution in [0, 0.1) is 18.6 Å². The van der Waals surface area contributed by atoms with Crippen molar-refractivity contribution in [1.82, 2.24) is 24.1 Å². The van der Waals surface area contributed by atoms with Crippen molar-refractivity contribution in [2.75, 3.05) is 5.32 Å². The van der Waals surface area contributed by atoms with Crippen molar-refractivity contribution in [3.8, 4) is 11.4 Å². The lowest BCUT2D eigenvalue weighted by Crippen LogP contribution is -2.31. The minimum atomic E-state index is -4.76. The van der Waals surface area contributed by atoms with Gasteiger partial charge in [0.25, 0.3) is 0 Å². The maximum atomic E-state index is 15.9. The predicted octanol–water partition coefficient (Wildman–Crippen LogP) is 4.09. The molecule has 9 nitrogen and oxygen atoms in total. The highest BCUT2D eigenvalue weighted by atomic mass is 19.4. The zero-order valence-corrected chi connectivity index (χ0v) is 20.2. The predicted molar refractivity (Wildman–Crippen MR) is 124 cm³/mol. The molecule has 14 heteroatoms. The van der Waals surface area contributed by atoms with Gasteiger partial charge >= 0.3 is 11.9 Å². The third-order valence-corrected chi connectivity index (χ3v) is 5.83. The Labute approximate surface area is 206 Å². The average Bonchev–Trinajstić information content (AvgIpc) is 3.32. The van der Waals surface area contributed by atoms with Gasteiger partial charge < -0.3 is 15.2 Å². The summed E-state index contributed by atoms with van der Waals surface area (Å²) in [6, 6.07) is 4.75. The minimum absolute atomic E-state index is 0.0514. The lowest BCUT2D eigenvalue weighted by Gasteiger charge is -2.19. The molecule has 2 aromatic heterocycles. The summed E-state index contributed by atoms with van der Waals surface area (Å²) in [5.74, 6) is -2.03. The molecule has 0 amide bonds. The average molecular weight is 526 g/mol. The molecule has 0 aliphatic heterocycles. The number of hydrogen-bond acceptors (Lipinski definition) is 6. The van der Waals surface area contributed by atoms with E-state index in [1.54, 1.807) is 13.8 Å². The summed E-state index contributed by atoms with van der Waals surface area (Å²) in [4.78, 5) is 12.9. The summed E-state index contributed by atoms with van der Waals surface area (Å²) in [5.41, 5.74) is -0.715. The highest BCUT2D eigenvalue weighted by Gasteiger charge is 2.39. The lowest BCUT2D eigenvalue weighted by molar-refractivity contribution is -0.188. The summed E-state index contributed by atoms with van der Waals surface area (Å²) in [7, 11) is 1.36. The number of ether oxygens (including phenoxy) is 1. The second-order valence-electron chi connectivity index (χ2n) is 8.30. The van der Waals surface area contributed by atoms with Crippen LogP contribution in [0.5, 0.6) is 5.75 Å². The summed E-state index contributed by atoms with van der Waals surface area (Å²) in [5, 5.41) is 20.5. The Kier molecular flexibility index (Phi) is 6.71. The lowest BCUT2D eigenvalue weighted by atomic mass is 10.1. The Bertz CT molecular complexity index is 1540. The van der Waals surface area contributed by atoms with Crippen molar-refractivity contribution in [3.05, 3.63) is 57.8 Å². The van der Waals surface area contributed by atoms with E-state index in [0.29, 0.717) is 15.9 Å². The van der Waals surface area contributed by atoms with E-state index in [1.165, 1.54) is 25.2 Å². The van der Waals surface area contributed by atoms with Crippen molar-refractivity contribution in [2.45, 2.75) is 46.2 Å². The van der Waals surface area contributed by atoms with E-state index in [0.717, 1.165) is 22.2 Å². The molecule has 4 aromatic rings. The molecule has 2 N–H and O–H groups in total. The first kappa shape index (κ1) is 26.1. The van der Waals surface area contributed by atoms with Crippen LogP contribution < -0.4 is 15.7 Å². The van der Waals surface area contributed by atoms with Gasteiger partial charge in [-0.3, -0.25) is 9.25 Å². The Morgan fingerprint density at radius 1 is 1.19 bits per heavy atom. The number of aromatic nitrogens is 5. The van der Waals surface area contributed by atoms with Crippen LogP contribution in [0.15, 0.2) is 29.1 Å². The third-order valence-electron chi connectivity index (χ3n) is 5.83. The Hall–Kier alpha value is -3.94. The van der Waals surface area contributed by atoms with E-state index < -0.39 is 47.6 Å². The summed E-state index contributed by atoms with van der Waals surface area (Å²) >= 11 is 0. The third kappa shape index (κ3) is 4.63. The molecule has 0 unspecified atom stereocenters. The van der Waals surface area contributed by atoms with Crippen LogP contribution in [-0.2, 0) is 20.2 Å². The van der Waals surface area contributed by atoms with Gasteiger partial charge in [-0.1, -0.05) is 0 Å². The van der Waals surface area contributed by atoms with E-state index >= 15 is 4.39 Å². The number of aliphatic hydroxyl groups is 1. The molecule has 0 radical (unpaired) electrons. The smallest absolute Gasteiger partial charge is 0.425 e. The topological polar surface area (TPSA) is 99.1 Å². The SMILES string of the molecule is CCn1c(CO)nn(-c2cc(O[C@@H](C)C(F)(F)F)c3c(Nc4ccc(F)cc4C)nn(C)c3c2F)c1=O. The molecule has 4 rings (SSSR count). The van der Waals surface area contributed by atoms with Gasteiger partial charge in [0.1, 0.15) is 29.4 Å². The Morgan fingerprint density at radius 3 is 2.46 bits per heavy atom. The Balaban J connectivity index is 1.99. The number of aryl methyl sites for hydroxylation is 2. The molecular formula is C23H23F5N6O3. The normalized spacial score (nSPS) is 12.8. The van der Waals surface area contributed by atoms with Gasteiger partial charge in [-0.25, -0.2) is 13.6 Å². The van der Waals surface area contributed by atoms with Crippen molar-refractivity contribution in [3.63, 3.8) is 0 Å². The van der Waals surface area contributed by atoms with Crippen LogP contribution in [0.25, 0.3) is 16.6 Å². The molecule has 0 spiro atoms. The molecule has 0 saturated heterocycles. The maximum Gasteiger partial charge on any atom is 0.425 e. The number of nitrogens with one attached hydrogen (secondary N) is 1. The number of alkyl halides is 3.